The maximum absolute atomic E-state index is 14.2. The zero-order chi connectivity index (χ0) is 19.1. The molecule has 150 valence electrons. The molecule has 1 aromatic rings. The SMILES string of the molecule is C[C@]1(O)CC2(CCN(c3ncc(F)c(N4CCOCC4)n3)CC2)OC[C@@H]1O. The van der Waals surface area contributed by atoms with E-state index in [1.54, 1.807) is 6.92 Å². The molecule has 3 saturated heterocycles. The summed E-state index contributed by atoms with van der Waals surface area (Å²) in [5, 5.41) is 20.3. The first-order chi connectivity index (χ1) is 12.9. The lowest BCUT2D eigenvalue weighted by atomic mass is 9.77. The molecule has 0 saturated carbocycles. The van der Waals surface area contributed by atoms with E-state index >= 15 is 0 Å². The van der Waals surface area contributed by atoms with Crippen LogP contribution in [0.4, 0.5) is 16.2 Å². The summed E-state index contributed by atoms with van der Waals surface area (Å²) in [6.07, 6.45) is 2.17. The predicted octanol–water partition coefficient (Wildman–Crippen LogP) is 0.323. The Morgan fingerprint density at radius 1 is 1.19 bits per heavy atom. The molecule has 3 aliphatic rings. The molecule has 0 radical (unpaired) electrons. The van der Waals surface area contributed by atoms with Crippen LogP contribution in [0.1, 0.15) is 26.2 Å². The molecule has 0 aliphatic carbocycles. The molecule has 2 N–H and O–H groups in total. The van der Waals surface area contributed by atoms with Gasteiger partial charge in [-0.05, 0) is 19.8 Å². The third-order valence-corrected chi connectivity index (χ3v) is 5.93. The molecule has 4 rings (SSSR count). The smallest absolute Gasteiger partial charge is 0.227 e. The fraction of sp³-hybridized carbons (Fsp3) is 0.778. The Morgan fingerprint density at radius 3 is 2.56 bits per heavy atom. The van der Waals surface area contributed by atoms with Gasteiger partial charge in [0.1, 0.15) is 6.10 Å². The molecule has 3 aliphatic heterocycles. The average molecular weight is 382 g/mol. The maximum atomic E-state index is 14.2. The van der Waals surface area contributed by atoms with Gasteiger partial charge in [-0.2, -0.15) is 4.98 Å². The molecule has 2 atom stereocenters. The van der Waals surface area contributed by atoms with Crippen LogP contribution in [0.25, 0.3) is 0 Å². The van der Waals surface area contributed by atoms with Crippen LogP contribution in [0.3, 0.4) is 0 Å². The third-order valence-electron chi connectivity index (χ3n) is 5.93. The summed E-state index contributed by atoms with van der Waals surface area (Å²) < 4.78 is 25.5. The van der Waals surface area contributed by atoms with Crippen LogP contribution in [-0.2, 0) is 9.47 Å². The van der Waals surface area contributed by atoms with Crippen molar-refractivity contribution in [1.82, 2.24) is 9.97 Å². The summed E-state index contributed by atoms with van der Waals surface area (Å²) in [7, 11) is 0. The molecule has 0 amide bonds. The number of morpholine rings is 1. The minimum absolute atomic E-state index is 0.140. The largest absolute Gasteiger partial charge is 0.388 e. The number of aliphatic hydroxyl groups is 2. The highest BCUT2D eigenvalue weighted by Crippen LogP contribution is 2.40. The molecule has 9 heteroatoms. The Morgan fingerprint density at radius 2 is 1.89 bits per heavy atom. The molecule has 3 fully saturated rings. The summed E-state index contributed by atoms with van der Waals surface area (Å²) >= 11 is 0. The highest BCUT2D eigenvalue weighted by molar-refractivity contribution is 5.45. The van der Waals surface area contributed by atoms with E-state index in [2.05, 4.69) is 9.97 Å². The van der Waals surface area contributed by atoms with Crippen LogP contribution in [0.2, 0.25) is 0 Å². The van der Waals surface area contributed by atoms with Crippen molar-refractivity contribution in [2.24, 2.45) is 0 Å². The molecule has 0 unspecified atom stereocenters. The second kappa shape index (κ2) is 7.12. The van der Waals surface area contributed by atoms with Crippen LogP contribution in [-0.4, -0.2) is 83.5 Å². The molecular weight excluding hydrogens is 355 g/mol. The predicted molar refractivity (Wildman–Crippen MR) is 96.4 cm³/mol. The first-order valence-electron chi connectivity index (χ1n) is 9.53. The molecule has 1 spiro atoms. The second-order valence-electron chi connectivity index (χ2n) is 7.97. The van der Waals surface area contributed by atoms with Crippen molar-refractivity contribution in [2.45, 2.75) is 43.5 Å². The van der Waals surface area contributed by atoms with E-state index < -0.39 is 23.1 Å². The summed E-state index contributed by atoms with van der Waals surface area (Å²) in [5.74, 6) is 0.411. The van der Waals surface area contributed by atoms with Gasteiger partial charge in [0.2, 0.25) is 5.95 Å². The highest BCUT2D eigenvalue weighted by Gasteiger charge is 2.48. The Bertz CT molecular complexity index is 675. The van der Waals surface area contributed by atoms with Crippen LogP contribution in [0.15, 0.2) is 6.20 Å². The van der Waals surface area contributed by atoms with Gasteiger partial charge in [0.15, 0.2) is 11.6 Å². The fourth-order valence-electron chi connectivity index (χ4n) is 4.19. The van der Waals surface area contributed by atoms with E-state index in [0.717, 1.165) is 0 Å². The lowest BCUT2D eigenvalue weighted by Crippen LogP contribution is -2.59. The standard InChI is InChI=1S/C18H27FN4O4/c1-17(25)12-18(27-11-14(17)24)2-4-23(5-3-18)16-20-10-13(19)15(21-16)22-6-8-26-9-7-22/h10,14,24-25H,2-9,11-12H2,1H3/t14-,17-/m0/s1. The van der Waals surface area contributed by atoms with Gasteiger partial charge < -0.3 is 29.5 Å². The molecule has 4 heterocycles. The average Bonchev–Trinajstić information content (AvgIpc) is 2.67. The number of aliphatic hydroxyl groups excluding tert-OH is 1. The van der Waals surface area contributed by atoms with E-state index in [-0.39, 0.29) is 6.61 Å². The molecular formula is C18H27FN4O4. The van der Waals surface area contributed by atoms with Crippen LogP contribution >= 0.6 is 0 Å². The van der Waals surface area contributed by atoms with Crippen molar-refractivity contribution >= 4 is 11.8 Å². The van der Waals surface area contributed by atoms with Crippen LogP contribution < -0.4 is 9.80 Å². The first-order valence-corrected chi connectivity index (χ1v) is 9.53. The van der Waals surface area contributed by atoms with Crippen molar-refractivity contribution in [3.63, 3.8) is 0 Å². The van der Waals surface area contributed by atoms with Crippen molar-refractivity contribution in [1.29, 1.82) is 0 Å². The number of piperidine rings is 1. The molecule has 27 heavy (non-hydrogen) atoms. The molecule has 0 bridgehead atoms. The van der Waals surface area contributed by atoms with Crippen molar-refractivity contribution in [3.8, 4) is 0 Å². The van der Waals surface area contributed by atoms with Crippen molar-refractivity contribution < 1.29 is 24.1 Å². The number of aromatic nitrogens is 2. The fourth-order valence-corrected chi connectivity index (χ4v) is 4.19. The summed E-state index contributed by atoms with van der Waals surface area (Å²) in [4.78, 5) is 12.6. The monoisotopic (exact) mass is 382 g/mol. The van der Waals surface area contributed by atoms with Crippen molar-refractivity contribution in [3.05, 3.63) is 12.0 Å². The number of rotatable bonds is 2. The van der Waals surface area contributed by atoms with Crippen molar-refractivity contribution in [2.75, 3.05) is 55.8 Å². The van der Waals surface area contributed by atoms with E-state index in [1.165, 1.54) is 6.20 Å². The molecule has 0 aromatic carbocycles. The van der Waals surface area contributed by atoms with Gasteiger partial charge in [-0.15, -0.1) is 0 Å². The summed E-state index contributed by atoms with van der Waals surface area (Å²) in [5.41, 5.74) is -1.58. The summed E-state index contributed by atoms with van der Waals surface area (Å²) in [6.45, 7) is 5.46. The van der Waals surface area contributed by atoms with E-state index in [1.807, 2.05) is 9.80 Å². The number of nitrogens with zero attached hydrogens (tertiary/aromatic N) is 4. The lowest BCUT2D eigenvalue weighted by molar-refractivity contribution is -0.216. The Kier molecular flexibility index (Phi) is 4.96. The van der Waals surface area contributed by atoms with Crippen LogP contribution in [0, 0.1) is 5.82 Å². The summed E-state index contributed by atoms with van der Waals surface area (Å²) in [6, 6.07) is 0. The number of hydrogen-bond donors (Lipinski definition) is 2. The third kappa shape index (κ3) is 3.73. The van der Waals surface area contributed by atoms with Gasteiger partial charge in [0.05, 0.1) is 37.2 Å². The zero-order valence-corrected chi connectivity index (χ0v) is 15.6. The highest BCUT2D eigenvalue weighted by atomic mass is 19.1. The number of anilines is 2. The van der Waals surface area contributed by atoms with Gasteiger partial charge in [0.25, 0.3) is 0 Å². The van der Waals surface area contributed by atoms with Crippen LogP contribution in [0.5, 0.6) is 0 Å². The molecule has 8 nitrogen and oxygen atoms in total. The topological polar surface area (TPSA) is 91.2 Å². The molecule has 1 aromatic heterocycles. The van der Waals surface area contributed by atoms with E-state index in [0.29, 0.717) is 70.4 Å². The Hall–Kier alpha value is -1.55. The second-order valence-corrected chi connectivity index (χ2v) is 7.97. The Labute approximate surface area is 157 Å². The van der Waals surface area contributed by atoms with Gasteiger partial charge >= 0.3 is 0 Å². The van der Waals surface area contributed by atoms with Gasteiger partial charge in [-0.3, -0.25) is 0 Å². The zero-order valence-electron chi connectivity index (χ0n) is 15.6. The number of hydrogen-bond acceptors (Lipinski definition) is 8. The number of halogens is 1. The Balaban J connectivity index is 1.45. The van der Waals surface area contributed by atoms with Gasteiger partial charge in [-0.1, -0.05) is 0 Å². The number of ether oxygens (including phenoxy) is 2. The minimum atomic E-state index is -1.14. The van der Waals surface area contributed by atoms with E-state index in [4.69, 9.17) is 9.47 Å². The quantitative estimate of drug-likeness (QED) is 0.756. The lowest BCUT2D eigenvalue weighted by Gasteiger charge is -2.49. The normalized spacial score (nSPS) is 31.3. The van der Waals surface area contributed by atoms with Gasteiger partial charge in [0, 0.05) is 32.6 Å². The maximum Gasteiger partial charge on any atom is 0.227 e. The van der Waals surface area contributed by atoms with E-state index in [9.17, 15) is 14.6 Å². The van der Waals surface area contributed by atoms with Gasteiger partial charge in [-0.25, -0.2) is 9.37 Å². The first kappa shape index (κ1) is 18.8. The minimum Gasteiger partial charge on any atom is -0.388 e.